The highest BCUT2D eigenvalue weighted by Gasteiger charge is 2.16. The molecule has 0 aliphatic heterocycles. The van der Waals surface area contributed by atoms with Crippen LogP contribution in [-0.2, 0) is 10.1 Å². The number of rotatable bonds is 4. The third kappa shape index (κ3) is 3.15. The van der Waals surface area contributed by atoms with Crippen LogP contribution in [0.2, 0.25) is 0 Å². The maximum Gasteiger partial charge on any atom is 0.339 e. The van der Waals surface area contributed by atoms with E-state index in [2.05, 4.69) is 0 Å². The van der Waals surface area contributed by atoms with Crippen molar-refractivity contribution in [3.05, 3.63) is 60.2 Å². The minimum Gasteiger partial charge on any atom is -0.379 e. The van der Waals surface area contributed by atoms with Gasteiger partial charge in [0.2, 0.25) is 0 Å². The standard InChI is InChI=1S/C14H11NO4S/c15-10-14(16)11-5-4-6-12(9-11)19-20(17,18)13-7-2-1-3-8-13/h1-9,14,16H. The Kier molecular flexibility index (Phi) is 4.03. The fraction of sp³-hybridized carbons (Fsp3) is 0.0714. The minimum atomic E-state index is -3.93. The lowest BCUT2D eigenvalue weighted by Crippen LogP contribution is -2.09. The largest absolute Gasteiger partial charge is 0.379 e. The first kappa shape index (κ1) is 14.1. The molecule has 0 aliphatic carbocycles. The third-order valence-corrected chi connectivity index (χ3v) is 3.80. The third-order valence-electron chi connectivity index (χ3n) is 2.53. The maximum atomic E-state index is 12.0. The highest BCUT2D eigenvalue weighted by Crippen LogP contribution is 2.22. The van der Waals surface area contributed by atoms with E-state index in [1.807, 2.05) is 0 Å². The number of hydrogen-bond acceptors (Lipinski definition) is 5. The summed E-state index contributed by atoms with van der Waals surface area (Å²) >= 11 is 0. The highest BCUT2D eigenvalue weighted by atomic mass is 32.2. The summed E-state index contributed by atoms with van der Waals surface area (Å²) in [6.07, 6.45) is -1.32. The Labute approximate surface area is 116 Å². The van der Waals surface area contributed by atoms with Crippen LogP contribution in [0.1, 0.15) is 11.7 Å². The highest BCUT2D eigenvalue weighted by molar-refractivity contribution is 7.87. The van der Waals surface area contributed by atoms with Gasteiger partial charge in [0.15, 0.2) is 6.10 Å². The summed E-state index contributed by atoms with van der Waals surface area (Å²) in [7, 11) is -3.93. The van der Waals surface area contributed by atoms with E-state index >= 15 is 0 Å². The quantitative estimate of drug-likeness (QED) is 0.687. The molecule has 0 aliphatic rings. The van der Waals surface area contributed by atoms with Crippen LogP contribution in [0.25, 0.3) is 0 Å². The summed E-state index contributed by atoms with van der Waals surface area (Å²) in [5.41, 5.74) is 0.272. The Morgan fingerprint density at radius 2 is 1.80 bits per heavy atom. The molecule has 0 aromatic heterocycles. The number of nitrogens with zero attached hydrogens (tertiary/aromatic N) is 1. The molecule has 0 amide bonds. The molecule has 0 spiro atoms. The minimum absolute atomic E-state index is 0.0336. The van der Waals surface area contributed by atoms with Crippen molar-refractivity contribution in [3.63, 3.8) is 0 Å². The van der Waals surface area contributed by atoms with Crippen LogP contribution in [-0.4, -0.2) is 13.5 Å². The van der Waals surface area contributed by atoms with E-state index in [1.165, 1.54) is 36.4 Å². The molecule has 0 bridgehead atoms. The van der Waals surface area contributed by atoms with Crippen LogP contribution in [0.3, 0.4) is 0 Å². The summed E-state index contributed by atoms with van der Waals surface area (Å²) in [6, 6.07) is 15.1. The zero-order chi connectivity index (χ0) is 14.6. The van der Waals surface area contributed by atoms with E-state index in [1.54, 1.807) is 24.3 Å². The zero-order valence-electron chi connectivity index (χ0n) is 10.3. The van der Waals surface area contributed by atoms with Gasteiger partial charge in [0, 0.05) is 0 Å². The Hall–Kier alpha value is -2.36. The monoisotopic (exact) mass is 289 g/mol. The Morgan fingerprint density at radius 1 is 1.10 bits per heavy atom. The average molecular weight is 289 g/mol. The van der Waals surface area contributed by atoms with Crippen molar-refractivity contribution < 1.29 is 17.7 Å². The van der Waals surface area contributed by atoms with E-state index in [9.17, 15) is 13.5 Å². The van der Waals surface area contributed by atoms with E-state index in [-0.39, 0.29) is 16.2 Å². The summed E-state index contributed by atoms with van der Waals surface area (Å²) in [5.74, 6) is 0.0423. The molecule has 1 unspecified atom stereocenters. The molecule has 0 saturated carbocycles. The SMILES string of the molecule is N#CC(O)c1cccc(OS(=O)(=O)c2ccccc2)c1. The smallest absolute Gasteiger partial charge is 0.339 e. The van der Waals surface area contributed by atoms with E-state index < -0.39 is 16.2 Å². The van der Waals surface area contributed by atoms with Gasteiger partial charge in [0.25, 0.3) is 0 Å². The molecule has 5 nitrogen and oxygen atoms in total. The Morgan fingerprint density at radius 3 is 2.45 bits per heavy atom. The summed E-state index contributed by atoms with van der Waals surface area (Å²) < 4.78 is 29.0. The van der Waals surface area contributed by atoms with Crippen LogP contribution in [0, 0.1) is 11.3 Å². The molecule has 1 atom stereocenters. The van der Waals surface area contributed by atoms with Crippen molar-refractivity contribution in [2.45, 2.75) is 11.0 Å². The lowest BCUT2D eigenvalue weighted by molar-refractivity contribution is 0.235. The first-order valence-corrected chi connectivity index (χ1v) is 7.11. The van der Waals surface area contributed by atoms with Crippen molar-refractivity contribution in [1.82, 2.24) is 0 Å². The molecular formula is C14H11NO4S. The summed E-state index contributed by atoms with van der Waals surface area (Å²) in [6.45, 7) is 0. The molecule has 0 fully saturated rings. The van der Waals surface area contributed by atoms with Crippen molar-refractivity contribution in [1.29, 1.82) is 5.26 Å². The lowest BCUT2D eigenvalue weighted by atomic mass is 10.1. The van der Waals surface area contributed by atoms with Gasteiger partial charge < -0.3 is 9.29 Å². The second-order valence-corrected chi connectivity index (χ2v) is 5.50. The second kappa shape index (κ2) is 5.74. The predicted molar refractivity (Wildman–Crippen MR) is 71.3 cm³/mol. The average Bonchev–Trinajstić information content (AvgIpc) is 2.47. The molecule has 2 aromatic rings. The molecule has 6 heteroatoms. The van der Waals surface area contributed by atoms with Crippen LogP contribution in [0.5, 0.6) is 5.75 Å². The number of hydrogen-bond donors (Lipinski definition) is 1. The first-order chi connectivity index (χ1) is 9.53. The van der Waals surface area contributed by atoms with Crippen LogP contribution >= 0.6 is 0 Å². The Balaban J connectivity index is 2.29. The van der Waals surface area contributed by atoms with Crippen molar-refractivity contribution >= 4 is 10.1 Å². The molecule has 0 heterocycles. The van der Waals surface area contributed by atoms with Gasteiger partial charge in [-0.3, -0.25) is 0 Å². The van der Waals surface area contributed by atoms with Gasteiger partial charge in [-0.05, 0) is 29.8 Å². The van der Waals surface area contributed by atoms with Crippen molar-refractivity contribution in [2.24, 2.45) is 0 Å². The van der Waals surface area contributed by atoms with Gasteiger partial charge >= 0.3 is 10.1 Å². The maximum absolute atomic E-state index is 12.0. The molecule has 0 radical (unpaired) electrons. The topological polar surface area (TPSA) is 87.4 Å². The molecule has 1 N–H and O–H groups in total. The molecular weight excluding hydrogens is 278 g/mol. The molecule has 2 aromatic carbocycles. The molecule has 20 heavy (non-hydrogen) atoms. The van der Waals surface area contributed by atoms with E-state index in [4.69, 9.17) is 9.44 Å². The molecule has 2 rings (SSSR count). The fourth-order valence-electron chi connectivity index (χ4n) is 1.57. The normalized spacial score (nSPS) is 12.4. The van der Waals surface area contributed by atoms with Gasteiger partial charge in [-0.2, -0.15) is 13.7 Å². The number of aliphatic hydroxyl groups is 1. The van der Waals surface area contributed by atoms with Crippen LogP contribution in [0.4, 0.5) is 0 Å². The van der Waals surface area contributed by atoms with Crippen molar-refractivity contribution in [2.75, 3.05) is 0 Å². The summed E-state index contributed by atoms with van der Waals surface area (Å²) in [4.78, 5) is 0.0336. The van der Waals surface area contributed by atoms with Gasteiger partial charge in [-0.15, -0.1) is 0 Å². The Bertz CT molecular complexity index is 735. The predicted octanol–water partition coefficient (Wildman–Crippen LogP) is 2.01. The van der Waals surface area contributed by atoms with Crippen molar-refractivity contribution in [3.8, 4) is 11.8 Å². The van der Waals surface area contributed by atoms with Gasteiger partial charge in [0.1, 0.15) is 10.6 Å². The van der Waals surface area contributed by atoms with Crippen LogP contribution in [0.15, 0.2) is 59.5 Å². The molecule has 0 saturated heterocycles. The first-order valence-electron chi connectivity index (χ1n) is 5.70. The van der Waals surface area contributed by atoms with E-state index in [0.717, 1.165) is 0 Å². The van der Waals surface area contributed by atoms with E-state index in [0.29, 0.717) is 0 Å². The van der Waals surface area contributed by atoms with Gasteiger partial charge in [-0.1, -0.05) is 30.3 Å². The fourth-order valence-corrected chi connectivity index (χ4v) is 2.52. The lowest BCUT2D eigenvalue weighted by Gasteiger charge is -2.08. The zero-order valence-corrected chi connectivity index (χ0v) is 11.1. The number of benzene rings is 2. The molecule has 102 valence electrons. The number of aliphatic hydroxyl groups excluding tert-OH is 1. The van der Waals surface area contributed by atoms with Crippen LogP contribution < -0.4 is 4.18 Å². The van der Waals surface area contributed by atoms with Gasteiger partial charge in [0.05, 0.1) is 6.07 Å². The second-order valence-electron chi connectivity index (χ2n) is 3.95. The van der Waals surface area contributed by atoms with Gasteiger partial charge in [-0.25, -0.2) is 0 Å². The number of nitriles is 1. The summed E-state index contributed by atoms with van der Waals surface area (Å²) in [5, 5.41) is 18.0.